The van der Waals surface area contributed by atoms with E-state index in [0.29, 0.717) is 25.9 Å². The van der Waals surface area contributed by atoms with Gasteiger partial charge >= 0.3 is 5.97 Å². The van der Waals surface area contributed by atoms with Gasteiger partial charge in [-0.1, -0.05) is 12.2 Å². The maximum absolute atomic E-state index is 12.7. The Morgan fingerprint density at radius 1 is 1.05 bits per heavy atom. The van der Waals surface area contributed by atoms with E-state index in [1.807, 2.05) is 12.2 Å². The lowest BCUT2D eigenvalue weighted by Gasteiger charge is -2.35. The number of hydrogen-bond donors (Lipinski definition) is 2. The van der Waals surface area contributed by atoms with E-state index in [1.54, 1.807) is 4.90 Å². The van der Waals surface area contributed by atoms with Gasteiger partial charge in [-0.15, -0.1) is 0 Å². The Morgan fingerprint density at radius 3 is 2.14 bits per heavy atom. The van der Waals surface area contributed by atoms with E-state index >= 15 is 0 Å². The molecule has 1 aliphatic heterocycles. The first-order valence-corrected chi connectivity index (χ1v) is 7.48. The number of carboxylic acid groups (broad SMARTS) is 1. The standard InChI is InChI=1S/C15H20N2O4/c16-13(18)8-3-5-17(6-4-8)14(19)11-9-1-2-10(7-9)12(11)15(20)21/h1-2,8-12H,3-7H2,(H2,16,18)(H,20,21)/t9-,10+,11-,12+/m1/s1. The number of nitrogens with two attached hydrogens (primary N) is 1. The molecule has 0 aromatic heterocycles. The second kappa shape index (κ2) is 5.16. The number of nitrogens with zero attached hydrogens (tertiary/aromatic N) is 1. The number of amides is 2. The Balaban J connectivity index is 1.70. The van der Waals surface area contributed by atoms with E-state index < -0.39 is 17.8 Å². The second-order valence-corrected chi connectivity index (χ2v) is 6.34. The lowest BCUT2D eigenvalue weighted by atomic mass is 9.81. The van der Waals surface area contributed by atoms with Gasteiger partial charge < -0.3 is 15.7 Å². The predicted molar refractivity (Wildman–Crippen MR) is 73.9 cm³/mol. The lowest BCUT2D eigenvalue weighted by Crippen LogP contribution is -2.47. The first kappa shape index (κ1) is 14.1. The van der Waals surface area contributed by atoms with Crippen LogP contribution >= 0.6 is 0 Å². The number of carbonyl (C=O) groups is 3. The summed E-state index contributed by atoms with van der Waals surface area (Å²) in [5.41, 5.74) is 5.29. The van der Waals surface area contributed by atoms with Crippen molar-refractivity contribution in [2.75, 3.05) is 13.1 Å². The number of likely N-dealkylation sites (tertiary alicyclic amines) is 1. The number of aliphatic carboxylic acids is 1. The minimum atomic E-state index is -0.878. The molecule has 3 aliphatic rings. The van der Waals surface area contributed by atoms with Crippen LogP contribution in [0, 0.1) is 29.6 Å². The number of allylic oxidation sites excluding steroid dienone is 2. The van der Waals surface area contributed by atoms with Crippen molar-refractivity contribution < 1.29 is 19.5 Å². The van der Waals surface area contributed by atoms with Crippen molar-refractivity contribution in [3.05, 3.63) is 12.2 Å². The molecule has 0 aromatic rings. The zero-order chi connectivity index (χ0) is 15.1. The highest BCUT2D eigenvalue weighted by Crippen LogP contribution is 2.49. The number of carbonyl (C=O) groups excluding carboxylic acids is 2. The van der Waals surface area contributed by atoms with Crippen molar-refractivity contribution in [2.24, 2.45) is 35.3 Å². The molecule has 2 bridgehead atoms. The van der Waals surface area contributed by atoms with Gasteiger partial charge in [-0.2, -0.15) is 0 Å². The molecule has 6 heteroatoms. The van der Waals surface area contributed by atoms with Gasteiger partial charge in [0, 0.05) is 19.0 Å². The third kappa shape index (κ3) is 2.32. The first-order valence-electron chi connectivity index (χ1n) is 7.48. The Kier molecular flexibility index (Phi) is 3.47. The quantitative estimate of drug-likeness (QED) is 0.727. The molecule has 1 saturated heterocycles. The third-order valence-corrected chi connectivity index (χ3v) is 5.24. The molecular weight excluding hydrogens is 272 g/mol. The van der Waals surface area contributed by atoms with Crippen LogP contribution in [-0.4, -0.2) is 40.9 Å². The zero-order valence-corrected chi connectivity index (χ0v) is 11.8. The van der Waals surface area contributed by atoms with Gasteiger partial charge in [-0.05, 0) is 31.1 Å². The smallest absolute Gasteiger partial charge is 0.307 e. The van der Waals surface area contributed by atoms with Gasteiger partial charge in [0.1, 0.15) is 0 Å². The molecule has 1 saturated carbocycles. The largest absolute Gasteiger partial charge is 0.481 e. The summed E-state index contributed by atoms with van der Waals surface area (Å²) in [6.07, 6.45) is 5.85. The molecule has 2 fully saturated rings. The molecule has 2 amide bonds. The molecule has 3 N–H and O–H groups in total. The van der Waals surface area contributed by atoms with Crippen LogP contribution in [0.1, 0.15) is 19.3 Å². The molecule has 114 valence electrons. The van der Waals surface area contributed by atoms with Crippen LogP contribution in [-0.2, 0) is 14.4 Å². The van der Waals surface area contributed by atoms with E-state index in [4.69, 9.17) is 5.73 Å². The van der Waals surface area contributed by atoms with Gasteiger partial charge in [0.2, 0.25) is 11.8 Å². The number of hydrogen-bond acceptors (Lipinski definition) is 3. The highest BCUT2D eigenvalue weighted by Gasteiger charge is 2.52. The Bertz CT molecular complexity index is 508. The average Bonchev–Trinajstić information content (AvgIpc) is 3.07. The summed E-state index contributed by atoms with van der Waals surface area (Å²) in [7, 11) is 0. The Hall–Kier alpha value is -1.85. The van der Waals surface area contributed by atoms with Gasteiger partial charge in [-0.3, -0.25) is 14.4 Å². The van der Waals surface area contributed by atoms with Crippen molar-refractivity contribution in [1.29, 1.82) is 0 Å². The van der Waals surface area contributed by atoms with Crippen LogP contribution in [0.25, 0.3) is 0 Å². The number of carboxylic acids is 1. The van der Waals surface area contributed by atoms with Crippen molar-refractivity contribution in [3.8, 4) is 0 Å². The molecule has 4 atom stereocenters. The van der Waals surface area contributed by atoms with Crippen molar-refractivity contribution >= 4 is 17.8 Å². The molecule has 6 nitrogen and oxygen atoms in total. The van der Waals surface area contributed by atoms with Crippen LogP contribution in [0.15, 0.2) is 12.2 Å². The average molecular weight is 292 g/mol. The number of rotatable bonds is 3. The van der Waals surface area contributed by atoms with Crippen LogP contribution < -0.4 is 5.73 Å². The normalized spacial score (nSPS) is 35.1. The minimum Gasteiger partial charge on any atom is -0.481 e. The maximum Gasteiger partial charge on any atom is 0.307 e. The molecule has 1 heterocycles. The first-order chi connectivity index (χ1) is 9.99. The third-order valence-electron chi connectivity index (χ3n) is 5.24. The summed E-state index contributed by atoms with van der Waals surface area (Å²) in [5, 5.41) is 9.40. The van der Waals surface area contributed by atoms with Gasteiger partial charge in [0.25, 0.3) is 0 Å². The van der Waals surface area contributed by atoms with E-state index in [1.165, 1.54) is 0 Å². The monoisotopic (exact) mass is 292 g/mol. The molecular formula is C15H20N2O4. The Labute approximate surface area is 123 Å². The highest BCUT2D eigenvalue weighted by atomic mass is 16.4. The fourth-order valence-electron chi connectivity index (χ4n) is 4.09. The number of piperidine rings is 1. The second-order valence-electron chi connectivity index (χ2n) is 6.34. The highest BCUT2D eigenvalue weighted by molar-refractivity contribution is 5.87. The molecule has 0 radical (unpaired) electrons. The molecule has 3 rings (SSSR count). The fraction of sp³-hybridized carbons (Fsp3) is 0.667. The summed E-state index contributed by atoms with van der Waals surface area (Å²) < 4.78 is 0. The van der Waals surface area contributed by atoms with Crippen LogP contribution in [0.5, 0.6) is 0 Å². The van der Waals surface area contributed by atoms with E-state index in [2.05, 4.69) is 0 Å². The fourth-order valence-corrected chi connectivity index (χ4v) is 4.09. The summed E-state index contributed by atoms with van der Waals surface area (Å²) in [5.74, 6) is -2.41. The van der Waals surface area contributed by atoms with Crippen molar-refractivity contribution in [3.63, 3.8) is 0 Å². The molecule has 0 aromatic carbocycles. The summed E-state index contributed by atoms with van der Waals surface area (Å²) in [4.78, 5) is 37.0. The van der Waals surface area contributed by atoms with E-state index in [-0.39, 0.29) is 29.6 Å². The zero-order valence-electron chi connectivity index (χ0n) is 11.8. The van der Waals surface area contributed by atoms with Crippen molar-refractivity contribution in [1.82, 2.24) is 4.90 Å². The minimum absolute atomic E-state index is 0.00962. The maximum atomic E-state index is 12.7. The molecule has 2 aliphatic carbocycles. The van der Waals surface area contributed by atoms with Crippen LogP contribution in [0.3, 0.4) is 0 Å². The Morgan fingerprint density at radius 2 is 1.62 bits per heavy atom. The van der Waals surface area contributed by atoms with Gasteiger partial charge in [0.15, 0.2) is 0 Å². The van der Waals surface area contributed by atoms with Crippen molar-refractivity contribution in [2.45, 2.75) is 19.3 Å². The number of primary amides is 1. The number of fused-ring (bicyclic) bond motifs is 2. The molecule has 0 unspecified atom stereocenters. The predicted octanol–water partition coefficient (Wildman–Crippen LogP) is 0.233. The summed E-state index contributed by atoms with van der Waals surface area (Å²) in [6, 6.07) is 0. The molecule has 0 spiro atoms. The van der Waals surface area contributed by atoms with E-state index in [0.717, 1.165) is 6.42 Å². The molecule has 21 heavy (non-hydrogen) atoms. The lowest BCUT2D eigenvalue weighted by molar-refractivity contribution is -0.151. The summed E-state index contributed by atoms with van der Waals surface area (Å²) >= 11 is 0. The van der Waals surface area contributed by atoms with Gasteiger partial charge in [0.05, 0.1) is 11.8 Å². The van der Waals surface area contributed by atoms with E-state index in [9.17, 15) is 19.5 Å². The summed E-state index contributed by atoms with van der Waals surface area (Å²) in [6.45, 7) is 0.993. The van der Waals surface area contributed by atoms with Crippen LogP contribution in [0.4, 0.5) is 0 Å². The SMILES string of the molecule is NC(=O)C1CCN(C(=O)[C@H]2[C@@H](C(=O)O)[C@H]3C=C[C@@H]2C3)CC1. The van der Waals surface area contributed by atoms with Gasteiger partial charge in [-0.25, -0.2) is 0 Å². The van der Waals surface area contributed by atoms with Crippen LogP contribution in [0.2, 0.25) is 0 Å². The topological polar surface area (TPSA) is 101 Å².